The third kappa shape index (κ3) is 3.70. The molecule has 0 aliphatic carbocycles. The highest BCUT2D eigenvalue weighted by Gasteiger charge is 2.27. The van der Waals surface area contributed by atoms with E-state index in [-0.39, 0.29) is 11.7 Å². The smallest absolute Gasteiger partial charge is 0.289 e. The Labute approximate surface area is 153 Å². The monoisotopic (exact) mass is 358 g/mol. The average Bonchev–Trinajstić information content (AvgIpc) is 3.24. The van der Waals surface area contributed by atoms with Gasteiger partial charge in [0.2, 0.25) is 5.82 Å². The molecule has 3 heterocycles. The Morgan fingerprint density at radius 2 is 2.12 bits per heavy atom. The van der Waals surface area contributed by atoms with Gasteiger partial charge in [0, 0.05) is 36.0 Å². The topological polar surface area (TPSA) is 87.4 Å². The molecule has 1 atom stereocenters. The standard InChI is InChI=1S/C18H26N6O2/c1-11-10-26-22-15(11)8-19-18(25)16-20-13(3)12(2)17(21-16)24-7-6-14(9-24)23(4)5/h10,14H,6-9H2,1-5H3,(H,19,25)/t14-/m1/s1. The number of carbonyl (C=O) groups is 1. The molecule has 1 aliphatic rings. The number of hydrogen-bond acceptors (Lipinski definition) is 7. The van der Waals surface area contributed by atoms with Crippen molar-refractivity contribution >= 4 is 11.7 Å². The minimum absolute atomic E-state index is 0.192. The molecule has 1 N–H and O–H groups in total. The number of aryl methyl sites for hydroxylation is 2. The van der Waals surface area contributed by atoms with Crippen LogP contribution in [0.4, 0.5) is 5.82 Å². The van der Waals surface area contributed by atoms with Crippen LogP contribution in [0.1, 0.15) is 39.6 Å². The molecule has 0 bridgehead atoms. The van der Waals surface area contributed by atoms with Crippen molar-refractivity contribution in [2.75, 3.05) is 32.1 Å². The molecule has 0 spiro atoms. The predicted octanol–water partition coefficient (Wildman–Crippen LogP) is 1.46. The van der Waals surface area contributed by atoms with E-state index in [4.69, 9.17) is 4.52 Å². The molecule has 8 nitrogen and oxygen atoms in total. The van der Waals surface area contributed by atoms with E-state index in [1.54, 1.807) is 6.26 Å². The van der Waals surface area contributed by atoms with Gasteiger partial charge in [-0.05, 0) is 41.3 Å². The van der Waals surface area contributed by atoms with Gasteiger partial charge >= 0.3 is 0 Å². The summed E-state index contributed by atoms with van der Waals surface area (Å²) in [6, 6.07) is 0.497. The minimum atomic E-state index is -0.305. The molecule has 1 aliphatic heterocycles. The highest BCUT2D eigenvalue weighted by atomic mass is 16.5. The number of carbonyl (C=O) groups excluding carboxylic acids is 1. The fourth-order valence-corrected chi connectivity index (χ4v) is 3.10. The molecule has 140 valence electrons. The first-order valence-corrected chi connectivity index (χ1v) is 8.81. The molecule has 0 radical (unpaired) electrons. The summed E-state index contributed by atoms with van der Waals surface area (Å²) in [5.41, 5.74) is 3.45. The molecular formula is C18H26N6O2. The number of aromatic nitrogens is 3. The van der Waals surface area contributed by atoms with Gasteiger partial charge in [-0.2, -0.15) is 0 Å². The van der Waals surface area contributed by atoms with Crippen molar-refractivity contribution in [3.05, 3.63) is 34.6 Å². The lowest BCUT2D eigenvalue weighted by molar-refractivity contribution is 0.0939. The maximum absolute atomic E-state index is 12.5. The van der Waals surface area contributed by atoms with Crippen LogP contribution in [0.3, 0.4) is 0 Å². The van der Waals surface area contributed by atoms with Crippen LogP contribution in [0.25, 0.3) is 0 Å². The van der Waals surface area contributed by atoms with E-state index in [1.165, 1.54) is 0 Å². The summed E-state index contributed by atoms with van der Waals surface area (Å²) in [5.74, 6) is 0.738. The lowest BCUT2D eigenvalue weighted by atomic mass is 10.2. The summed E-state index contributed by atoms with van der Waals surface area (Å²) < 4.78 is 4.89. The van der Waals surface area contributed by atoms with Gasteiger partial charge in [-0.15, -0.1) is 0 Å². The first-order valence-electron chi connectivity index (χ1n) is 8.81. The van der Waals surface area contributed by atoms with E-state index in [9.17, 15) is 4.79 Å². The zero-order chi connectivity index (χ0) is 18.8. The molecule has 2 aromatic rings. The summed E-state index contributed by atoms with van der Waals surface area (Å²) in [6.07, 6.45) is 2.64. The zero-order valence-corrected chi connectivity index (χ0v) is 16.0. The molecular weight excluding hydrogens is 332 g/mol. The first-order chi connectivity index (χ1) is 12.4. The molecule has 3 rings (SSSR count). The SMILES string of the molecule is Cc1conc1CNC(=O)c1nc(C)c(C)c(N2CC[C@@H](N(C)C)C2)n1. The highest BCUT2D eigenvalue weighted by Crippen LogP contribution is 2.25. The first kappa shape index (κ1) is 18.3. The van der Waals surface area contributed by atoms with E-state index in [1.807, 2.05) is 20.8 Å². The second-order valence-corrected chi connectivity index (χ2v) is 7.06. The molecule has 0 unspecified atom stereocenters. The second kappa shape index (κ2) is 7.41. The number of hydrogen-bond donors (Lipinski definition) is 1. The molecule has 2 aromatic heterocycles. The molecule has 0 aromatic carbocycles. The number of rotatable bonds is 5. The van der Waals surface area contributed by atoms with Crippen LogP contribution >= 0.6 is 0 Å². The van der Waals surface area contributed by atoms with Gasteiger partial charge in [0.1, 0.15) is 17.8 Å². The van der Waals surface area contributed by atoms with Crippen LogP contribution in [0.5, 0.6) is 0 Å². The molecule has 1 fully saturated rings. The third-order valence-electron chi connectivity index (χ3n) is 5.02. The van der Waals surface area contributed by atoms with Crippen LogP contribution < -0.4 is 10.2 Å². The maximum atomic E-state index is 12.5. The van der Waals surface area contributed by atoms with Crippen molar-refractivity contribution < 1.29 is 9.32 Å². The zero-order valence-electron chi connectivity index (χ0n) is 16.0. The van der Waals surface area contributed by atoms with Gasteiger partial charge < -0.3 is 19.6 Å². The van der Waals surface area contributed by atoms with Crippen LogP contribution in [-0.4, -0.2) is 59.2 Å². The Balaban J connectivity index is 1.77. The van der Waals surface area contributed by atoms with E-state index < -0.39 is 0 Å². The lowest BCUT2D eigenvalue weighted by Gasteiger charge is -2.23. The fraction of sp³-hybridized carbons (Fsp3) is 0.556. The Morgan fingerprint density at radius 1 is 1.35 bits per heavy atom. The number of nitrogens with zero attached hydrogens (tertiary/aromatic N) is 5. The molecule has 26 heavy (non-hydrogen) atoms. The Kier molecular flexibility index (Phi) is 5.22. The summed E-state index contributed by atoms with van der Waals surface area (Å²) in [5, 5.41) is 6.70. The molecule has 0 saturated carbocycles. The van der Waals surface area contributed by atoms with Crippen LogP contribution in [0.15, 0.2) is 10.8 Å². The number of anilines is 1. The van der Waals surface area contributed by atoms with Crippen molar-refractivity contribution in [2.24, 2.45) is 0 Å². The minimum Gasteiger partial charge on any atom is -0.364 e. The quantitative estimate of drug-likeness (QED) is 0.866. The van der Waals surface area contributed by atoms with Gasteiger partial charge in [-0.1, -0.05) is 5.16 Å². The van der Waals surface area contributed by atoms with Crippen molar-refractivity contribution in [1.82, 2.24) is 25.3 Å². The normalized spacial score (nSPS) is 17.2. The van der Waals surface area contributed by atoms with Crippen molar-refractivity contribution in [1.29, 1.82) is 0 Å². The Hall–Kier alpha value is -2.48. The van der Waals surface area contributed by atoms with Crippen LogP contribution in [-0.2, 0) is 6.54 Å². The van der Waals surface area contributed by atoms with Gasteiger partial charge in [0.25, 0.3) is 5.91 Å². The summed E-state index contributed by atoms with van der Waals surface area (Å²) >= 11 is 0. The van der Waals surface area contributed by atoms with Gasteiger partial charge in [0.15, 0.2) is 0 Å². The van der Waals surface area contributed by atoms with Crippen molar-refractivity contribution in [2.45, 2.75) is 39.8 Å². The van der Waals surface area contributed by atoms with Crippen LogP contribution in [0, 0.1) is 20.8 Å². The van der Waals surface area contributed by atoms with Gasteiger partial charge in [0.05, 0.1) is 6.54 Å². The van der Waals surface area contributed by atoms with Crippen LogP contribution in [0.2, 0.25) is 0 Å². The summed E-state index contributed by atoms with van der Waals surface area (Å²) in [6.45, 7) is 7.94. The summed E-state index contributed by atoms with van der Waals surface area (Å²) in [4.78, 5) is 26.0. The number of nitrogens with one attached hydrogen (secondary N) is 1. The number of likely N-dealkylation sites (N-methyl/N-ethyl adjacent to an activating group) is 1. The molecule has 1 amide bonds. The predicted molar refractivity (Wildman–Crippen MR) is 98.2 cm³/mol. The van der Waals surface area contributed by atoms with Crippen molar-refractivity contribution in [3.63, 3.8) is 0 Å². The van der Waals surface area contributed by atoms with E-state index >= 15 is 0 Å². The highest BCUT2D eigenvalue weighted by molar-refractivity contribution is 5.91. The second-order valence-electron chi connectivity index (χ2n) is 7.06. The summed E-state index contributed by atoms with van der Waals surface area (Å²) in [7, 11) is 4.19. The average molecular weight is 358 g/mol. The number of amides is 1. The van der Waals surface area contributed by atoms with E-state index in [0.29, 0.717) is 18.3 Å². The Bertz CT molecular complexity index is 801. The van der Waals surface area contributed by atoms with Gasteiger partial charge in [-0.3, -0.25) is 4.79 Å². The van der Waals surface area contributed by atoms with E-state index in [0.717, 1.165) is 42.1 Å². The van der Waals surface area contributed by atoms with Gasteiger partial charge in [-0.25, -0.2) is 9.97 Å². The third-order valence-corrected chi connectivity index (χ3v) is 5.02. The van der Waals surface area contributed by atoms with E-state index in [2.05, 4.69) is 44.3 Å². The largest absolute Gasteiger partial charge is 0.364 e. The van der Waals surface area contributed by atoms with Crippen molar-refractivity contribution in [3.8, 4) is 0 Å². The Morgan fingerprint density at radius 3 is 2.73 bits per heavy atom. The maximum Gasteiger partial charge on any atom is 0.289 e. The molecule has 8 heteroatoms. The fourth-order valence-electron chi connectivity index (χ4n) is 3.10. The lowest BCUT2D eigenvalue weighted by Crippen LogP contribution is -2.33. The molecule has 1 saturated heterocycles.